The van der Waals surface area contributed by atoms with Crippen LogP contribution in [0, 0.1) is 17.9 Å². The number of nitrogens with zero attached hydrogens (tertiary/aromatic N) is 4. The van der Waals surface area contributed by atoms with Crippen molar-refractivity contribution in [2.75, 3.05) is 0 Å². The van der Waals surface area contributed by atoms with Crippen LogP contribution >= 0.6 is 0 Å². The zero-order chi connectivity index (χ0) is 24.2. The minimum atomic E-state index is 0.614. The van der Waals surface area contributed by atoms with Crippen molar-refractivity contribution in [3.05, 3.63) is 126 Å². The van der Waals surface area contributed by atoms with Gasteiger partial charge in [0.05, 0.1) is 40.3 Å². The Bertz CT molecular complexity index is 2010. The molecule has 0 fully saturated rings. The lowest BCUT2D eigenvalue weighted by Crippen LogP contribution is -1.95. The number of fused-ring (bicyclic) bond motifs is 6. The lowest BCUT2D eigenvalue weighted by atomic mass is 10.1. The molecule has 4 heteroatoms. The van der Waals surface area contributed by atoms with Crippen LogP contribution in [0.1, 0.15) is 5.56 Å². The maximum Gasteiger partial charge on any atom is 0.188 e. The van der Waals surface area contributed by atoms with Gasteiger partial charge in [0.25, 0.3) is 0 Å². The van der Waals surface area contributed by atoms with E-state index in [0.717, 1.165) is 44.2 Å². The molecular weight excluding hydrogens is 440 g/mol. The van der Waals surface area contributed by atoms with Crippen molar-refractivity contribution in [1.29, 1.82) is 5.26 Å². The predicted octanol–water partition coefficient (Wildman–Crippen LogP) is 8.30. The van der Waals surface area contributed by atoms with Gasteiger partial charge >= 0.3 is 0 Å². The van der Waals surface area contributed by atoms with Crippen LogP contribution in [-0.2, 0) is 0 Å². The van der Waals surface area contributed by atoms with E-state index >= 15 is 0 Å². The van der Waals surface area contributed by atoms with Crippen molar-refractivity contribution < 1.29 is 0 Å². The van der Waals surface area contributed by atoms with Crippen molar-refractivity contribution in [2.45, 2.75) is 0 Å². The number of aromatic nitrogens is 2. The summed E-state index contributed by atoms with van der Waals surface area (Å²) in [6.07, 6.45) is 0. The molecule has 0 amide bonds. The summed E-state index contributed by atoms with van der Waals surface area (Å²) >= 11 is 0. The maximum atomic E-state index is 9.24. The average molecular weight is 459 g/mol. The predicted molar refractivity (Wildman–Crippen MR) is 146 cm³/mol. The van der Waals surface area contributed by atoms with E-state index in [1.807, 2.05) is 42.5 Å². The summed E-state index contributed by atoms with van der Waals surface area (Å²) in [5, 5.41) is 13.8. The maximum absolute atomic E-state index is 9.24. The first-order valence-corrected chi connectivity index (χ1v) is 11.7. The van der Waals surface area contributed by atoms with Crippen molar-refractivity contribution in [1.82, 2.24) is 9.13 Å². The highest BCUT2D eigenvalue weighted by Crippen LogP contribution is 2.38. The van der Waals surface area contributed by atoms with Gasteiger partial charge in [0.1, 0.15) is 0 Å². The molecule has 2 aromatic heterocycles. The first kappa shape index (κ1) is 20.1. The SMILES string of the molecule is [C-]#[N+]c1ccc2c(c1)c1cc(-n3c4ccccc4c4ccccc43)ccc1n2-c1ccc(C#N)cc1. The van der Waals surface area contributed by atoms with E-state index in [4.69, 9.17) is 6.57 Å². The van der Waals surface area contributed by atoms with Gasteiger partial charge in [-0.15, -0.1) is 0 Å². The number of benzene rings is 5. The number of hydrogen-bond acceptors (Lipinski definition) is 1. The molecule has 0 N–H and O–H groups in total. The van der Waals surface area contributed by atoms with Crippen LogP contribution in [-0.4, -0.2) is 9.13 Å². The van der Waals surface area contributed by atoms with E-state index < -0.39 is 0 Å². The number of para-hydroxylation sites is 2. The third-order valence-corrected chi connectivity index (χ3v) is 6.95. The Morgan fingerprint density at radius 3 is 1.72 bits per heavy atom. The second-order valence-electron chi connectivity index (χ2n) is 8.88. The monoisotopic (exact) mass is 458 g/mol. The zero-order valence-electron chi connectivity index (χ0n) is 19.2. The fraction of sp³-hybridized carbons (Fsp3) is 0. The van der Waals surface area contributed by atoms with Crippen LogP contribution in [0.15, 0.2) is 109 Å². The molecule has 0 aliphatic heterocycles. The van der Waals surface area contributed by atoms with Crippen molar-refractivity contribution >= 4 is 49.3 Å². The van der Waals surface area contributed by atoms with Crippen molar-refractivity contribution in [2.24, 2.45) is 0 Å². The molecule has 36 heavy (non-hydrogen) atoms. The second-order valence-corrected chi connectivity index (χ2v) is 8.88. The fourth-order valence-electron chi connectivity index (χ4n) is 5.37. The summed E-state index contributed by atoms with van der Waals surface area (Å²) in [5.74, 6) is 0. The average Bonchev–Trinajstić information content (AvgIpc) is 3.45. The third kappa shape index (κ3) is 2.79. The molecule has 2 heterocycles. The molecule has 0 spiro atoms. The lowest BCUT2D eigenvalue weighted by molar-refractivity contribution is 1.16. The van der Waals surface area contributed by atoms with Gasteiger partial charge in [-0.3, -0.25) is 0 Å². The highest BCUT2D eigenvalue weighted by atomic mass is 15.0. The quantitative estimate of drug-likeness (QED) is 0.240. The van der Waals surface area contributed by atoms with Gasteiger partial charge in [-0.25, -0.2) is 4.85 Å². The molecule has 0 bridgehead atoms. The first-order chi connectivity index (χ1) is 17.8. The molecule has 7 aromatic rings. The van der Waals surface area contributed by atoms with Gasteiger partial charge < -0.3 is 9.13 Å². The summed E-state index contributed by atoms with van der Waals surface area (Å²) in [6.45, 7) is 7.56. The van der Waals surface area contributed by atoms with Crippen molar-refractivity contribution in [3.8, 4) is 17.4 Å². The molecule has 0 atom stereocenters. The number of hydrogen-bond donors (Lipinski definition) is 0. The third-order valence-electron chi connectivity index (χ3n) is 6.95. The van der Waals surface area contributed by atoms with Gasteiger partial charge in [0, 0.05) is 27.5 Å². The van der Waals surface area contributed by atoms with E-state index in [0.29, 0.717) is 11.3 Å². The zero-order valence-corrected chi connectivity index (χ0v) is 19.2. The Morgan fingerprint density at radius 1 is 0.556 bits per heavy atom. The Morgan fingerprint density at radius 2 is 1.08 bits per heavy atom. The second kappa shape index (κ2) is 7.60. The molecule has 0 radical (unpaired) electrons. The standard InChI is InChI=1S/C32H18N4/c1-34-22-12-16-31-27(18-22)28-19-24(15-17-32(28)35(31)23-13-10-21(20-33)11-14-23)36-29-8-4-2-6-25(29)26-7-3-5-9-30(26)36/h2-19H. The first-order valence-electron chi connectivity index (χ1n) is 11.7. The van der Waals surface area contributed by atoms with Gasteiger partial charge in [-0.05, 0) is 72.1 Å². The van der Waals surface area contributed by atoms with E-state index in [-0.39, 0.29) is 0 Å². The van der Waals surface area contributed by atoms with E-state index in [9.17, 15) is 5.26 Å². The summed E-state index contributed by atoms with van der Waals surface area (Å²) in [4.78, 5) is 3.69. The Hall–Kier alpha value is -5.32. The van der Waals surface area contributed by atoms with Crippen molar-refractivity contribution in [3.63, 3.8) is 0 Å². The molecule has 0 unspecified atom stereocenters. The van der Waals surface area contributed by atoms with Crippen LogP contribution in [0.25, 0.3) is 59.8 Å². The molecule has 0 aliphatic rings. The summed E-state index contributed by atoms with van der Waals surface area (Å²) in [5.41, 5.74) is 7.71. The molecule has 4 nitrogen and oxygen atoms in total. The largest absolute Gasteiger partial charge is 0.309 e. The highest BCUT2D eigenvalue weighted by Gasteiger charge is 2.16. The molecule has 0 aliphatic carbocycles. The normalized spacial score (nSPS) is 11.3. The molecule has 0 saturated carbocycles. The minimum Gasteiger partial charge on any atom is -0.309 e. The van der Waals surface area contributed by atoms with E-state index in [2.05, 4.69) is 86.8 Å². The minimum absolute atomic E-state index is 0.614. The van der Waals surface area contributed by atoms with E-state index in [1.54, 1.807) is 0 Å². The van der Waals surface area contributed by atoms with Crippen LogP contribution in [0.2, 0.25) is 0 Å². The van der Waals surface area contributed by atoms with Crippen LogP contribution in [0.3, 0.4) is 0 Å². The summed E-state index contributed by atoms with van der Waals surface area (Å²) in [7, 11) is 0. The Labute approximate surface area is 207 Å². The molecule has 5 aromatic carbocycles. The Kier molecular flexibility index (Phi) is 4.24. The lowest BCUT2D eigenvalue weighted by Gasteiger charge is -2.10. The molecule has 7 rings (SSSR count). The topological polar surface area (TPSA) is 38.0 Å². The van der Waals surface area contributed by atoms with Gasteiger partial charge in [0.15, 0.2) is 5.69 Å². The van der Waals surface area contributed by atoms with E-state index in [1.165, 1.54) is 10.8 Å². The summed E-state index contributed by atoms with van der Waals surface area (Å²) < 4.78 is 4.52. The van der Waals surface area contributed by atoms with Crippen LogP contribution < -0.4 is 0 Å². The molecule has 0 saturated heterocycles. The summed E-state index contributed by atoms with van der Waals surface area (Å²) in [6, 6.07) is 39.2. The van der Waals surface area contributed by atoms with Gasteiger partial charge in [-0.2, -0.15) is 5.26 Å². The smallest absolute Gasteiger partial charge is 0.188 e. The molecular formula is C32H18N4. The molecule has 166 valence electrons. The van der Waals surface area contributed by atoms with Gasteiger partial charge in [0.2, 0.25) is 0 Å². The number of nitriles is 1. The number of rotatable bonds is 2. The van der Waals surface area contributed by atoms with Crippen LogP contribution in [0.4, 0.5) is 5.69 Å². The van der Waals surface area contributed by atoms with Crippen LogP contribution in [0.5, 0.6) is 0 Å². The van der Waals surface area contributed by atoms with Gasteiger partial charge in [-0.1, -0.05) is 42.5 Å². The highest BCUT2D eigenvalue weighted by molar-refractivity contribution is 6.12. The fourth-order valence-corrected chi connectivity index (χ4v) is 5.37. The Balaban J connectivity index is 1.57.